The number of anilines is 1. The Labute approximate surface area is 133 Å². The molecule has 0 aliphatic heterocycles. The summed E-state index contributed by atoms with van der Waals surface area (Å²) in [6.45, 7) is 0. The van der Waals surface area contributed by atoms with Crippen molar-refractivity contribution in [2.24, 2.45) is 0 Å². The molecule has 0 spiro atoms. The van der Waals surface area contributed by atoms with Gasteiger partial charge in [0.2, 0.25) is 5.91 Å². The summed E-state index contributed by atoms with van der Waals surface area (Å²) in [5.74, 6) is -0.205. The zero-order valence-electron chi connectivity index (χ0n) is 11.7. The van der Waals surface area contributed by atoms with E-state index in [0.717, 1.165) is 16.3 Å². The minimum Gasteiger partial charge on any atom is -0.506 e. The molecular formula is C18H14ClNO2. The molecule has 0 fully saturated rings. The van der Waals surface area contributed by atoms with Gasteiger partial charge in [0, 0.05) is 5.02 Å². The van der Waals surface area contributed by atoms with E-state index in [1.54, 1.807) is 6.07 Å². The summed E-state index contributed by atoms with van der Waals surface area (Å²) in [6, 6.07) is 18.5. The Kier molecular flexibility index (Phi) is 3.98. The minimum atomic E-state index is -0.201. The van der Waals surface area contributed by atoms with Crippen LogP contribution in [0, 0.1) is 0 Å². The van der Waals surface area contributed by atoms with Crippen molar-refractivity contribution in [3.8, 4) is 5.75 Å². The monoisotopic (exact) mass is 311 g/mol. The number of benzene rings is 3. The van der Waals surface area contributed by atoms with Crippen molar-refractivity contribution in [3.05, 3.63) is 71.2 Å². The van der Waals surface area contributed by atoms with Crippen LogP contribution in [0.25, 0.3) is 10.8 Å². The van der Waals surface area contributed by atoms with Crippen LogP contribution in [0.3, 0.4) is 0 Å². The molecule has 3 aromatic carbocycles. The molecular weight excluding hydrogens is 298 g/mol. The first-order chi connectivity index (χ1) is 10.6. The Morgan fingerprint density at radius 1 is 1.00 bits per heavy atom. The van der Waals surface area contributed by atoms with Crippen LogP contribution < -0.4 is 5.32 Å². The summed E-state index contributed by atoms with van der Waals surface area (Å²) in [5.41, 5.74) is 1.23. The summed E-state index contributed by atoms with van der Waals surface area (Å²) >= 11 is 5.86. The number of fused-ring (bicyclic) bond motifs is 1. The molecule has 0 aliphatic rings. The highest BCUT2D eigenvalue weighted by molar-refractivity contribution is 6.31. The Bertz CT molecular complexity index is 845. The fourth-order valence-electron chi connectivity index (χ4n) is 2.34. The third-order valence-corrected chi connectivity index (χ3v) is 3.65. The molecule has 0 saturated heterocycles. The van der Waals surface area contributed by atoms with Crippen LogP contribution in [-0.2, 0) is 11.2 Å². The molecule has 0 unspecified atom stereocenters. The first-order valence-electron chi connectivity index (χ1n) is 6.88. The van der Waals surface area contributed by atoms with Crippen molar-refractivity contribution in [1.29, 1.82) is 0 Å². The van der Waals surface area contributed by atoms with Crippen LogP contribution in [0.5, 0.6) is 5.75 Å². The predicted octanol–water partition coefficient (Wildman–Crippen LogP) is 4.38. The maximum atomic E-state index is 12.1. The molecule has 1 amide bonds. The maximum absolute atomic E-state index is 12.1. The van der Waals surface area contributed by atoms with Gasteiger partial charge in [-0.05, 0) is 34.5 Å². The normalized spacial score (nSPS) is 10.6. The topological polar surface area (TPSA) is 49.3 Å². The van der Waals surface area contributed by atoms with Gasteiger partial charge in [-0.1, -0.05) is 54.1 Å². The third kappa shape index (κ3) is 3.21. The molecule has 0 bridgehead atoms. The molecule has 0 aromatic heterocycles. The number of hydrogen-bond acceptors (Lipinski definition) is 2. The largest absolute Gasteiger partial charge is 0.506 e. The van der Waals surface area contributed by atoms with E-state index in [2.05, 4.69) is 5.32 Å². The van der Waals surface area contributed by atoms with Gasteiger partial charge >= 0.3 is 0 Å². The van der Waals surface area contributed by atoms with E-state index in [0.29, 0.717) is 10.7 Å². The van der Waals surface area contributed by atoms with E-state index in [4.69, 9.17) is 11.6 Å². The lowest BCUT2D eigenvalue weighted by molar-refractivity contribution is -0.115. The highest BCUT2D eigenvalue weighted by atomic mass is 35.5. The molecule has 110 valence electrons. The molecule has 0 saturated carbocycles. The number of rotatable bonds is 3. The second-order valence-corrected chi connectivity index (χ2v) is 5.50. The SMILES string of the molecule is O=C(Cc1ccc2ccccc2c1)Nc1cc(Cl)ccc1O. The summed E-state index contributed by atoms with van der Waals surface area (Å²) in [7, 11) is 0. The molecule has 3 rings (SSSR count). The third-order valence-electron chi connectivity index (χ3n) is 3.41. The number of nitrogens with one attached hydrogen (secondary N) is 1. The number of phenols is 1. The van der Waals surface area contributed by atoms with Crippen LogP contribution in [0.15, 0.2) is 60.7 Å². The highest BCUT2D eigenvalue weighted by Gasteiger charge is 2.08. The molecule has 22 heavy (non-hydrogen) atoms. The summed E-state index contributed by atoms with van der Waals surface area (Å²) in [4.78, 5) is 12.1. The van der Waals surface area contributed by atoms with Crippen LogP contribution >= 0.6 is 11.6 Å². The van der Waals surface area contributed by atoms with Crippen LogP contribution in [0.4, 0.5) is 5.69 Å². The Morgan fingerprint density at radius 3 is 2.59 bits per heavy atom. The summed E-state index contributed by atoms with van der Waals surface area (Å²) in [6.07, 6.45) is 0.233. The molecule has 0 atom stereocenters. The first-order valence-corrected chi connectivity index (χ1v) is 7.26. The van der Waals surface area contributed by atoms with Gasteiger partial charge in [-0.25, -0.2) is 0 Å². The lowest BCUT2D eigenvalue weighted by atomic mass is 10.0. The molecule has 0 heterocycles. The van der Waals surface area contributed by atoms with Gasteiger partial charge in [-0.3, -0.25) is 4.79 Å². The Hall–Kier alpha value is -2.52. The van der Waals surface area contributed by atoms with E-state index in [9.17, 15) is 9.90 Å². The minimum absolute atomic E-state index is 0.00346. The number of carbonyl (C=O) groups excluding carboxylic acids is 1. The smallest absolute Gasteiger partial charge is 0.228 e. The Balaban J connectivity index is 1.76. The molecule has 2 N–H and O–H groups in total. The number of amides is 1. The van der Waals surface area contributed by atoms with Gasteiger partial charge in [-0.2, -0.15) is 0 Å². The molecule has 0 radical (unpaired) electrons. The van der Waals surface area contributed by atoms with Crippen molar-refractivity contribution >= 4 is 34.0 Å². The zero-order valence-corrected chi connectivity index (χ0v) is 12.5. The van der Waals surface area contributed by atoms with Crippen LogP contribution in [-0.4, -0.2) is 11.0 Å². The fraction of sp³-hybridized carbons (Fsp3) is 0.0556. The Morgan fingerprint density at radius 2 is 1.77 bits per heavy atom. The van der Waals surface area contributed by atoms with Crippen molar-refractivity contribution in [2.75, 3.05) is 5.32 Å². The summed E-state index contributed by atoms with van der Waals surface area (Å²) in [5, 5.41) is 15.1. The first kappa shape index (κ1) is 14.4. The highest BCUT2D eigenvalue weighted by Crippen LogP contribution is 2.26. The number of phenolic OH excluding ortho intramolecular Hbond substituents is 1. The summed E-state index contributed by atoms with van der Waals surface area (Å²) < 4.78 is 0. The van der Waals surface area contributed by atoms with E-state index in [1.165, 1.54) is 12.1 Å². The van der Waals surface area contributed by atoms with Crippen LogP contribution in [0.1, 0.15) is 5.56 Å². The molecule has 3 aromatic rings. The van der Waals surface area contributed by atoms with Crippen molar-refractivity contribution in [3.63, 3.8) is 0 Å². The standard InChI is InChI=1S/C18H14ClNO2/c19-15-7-8-17(21)16(11-15)20-18(22)10-12-5-6-13-3-1-2-4-14(13)9-12/h1-9,11,21H,10H2,(H,20,22). The number of hydrogen-bond donors (Lipinski definition) is 2. The van der Waals surface area contributed by atoms with Crippen molar-refractivity contribution in [2.45, 2.75) is 6.42 Å². The average molecular weight is 312 g/mol. The number of carbonyl (C=O) groups is 1. The van der Waals surface area contributed by atoms with Gasteiger partial charge < -0.3 is 10.4 Å². The van der Waals surface area contributed by atoms with Gasteiger partial charge in [0.15, 0.2) is 0 Å². The lowest BCUT2D eigenvalue weighted by Gasteiger charge is -2.08. The average Bonchev–Trinajstić information content (AvgIpc) is 2.51. The van der Waals surface area contributed by atoms with E-state index >= 15 is 0 Å². The van der Waals surface area contributed by atoms with E-state index in [-0.39, 0.29) is 18.1 Å². The lowest BCUT2D eigenvalue weighted by Crippen LogP contribution is -2.14. The van der Waals surface area contributed by atoms with Gasteiger partial charge in [-0.15, -0.1) is 0 Å². The van der Waals surface area contributed by atoms with E-state index < -0.39 is 0 Å². The van der Waals surface area contributed by atoms with Crippen molar-refractivity contribution in [1.82, 2.24) is 0 Å². The fourth-order valence-corrected chi connectivity index (χ4v) is 2.51. The van der Waals surface area contributed by atoms with Crippen molar-refractivity contribution < 1.29 is 9.90 Å². The zero-order chi connectivity index (χ0) is 15.5. The molecule has 4 heteroatoms. The van der Waals surface area contributed by atoms with Gasteiger partial charge in [0.05, 0.1) is 12.1 Å². The molecule has 3 nitrogen and oxygen atoms in total. The van der Waals surface area contributed by atoms with Gasteiger partial charge in [0.1, 0.15) is 5.75 Å². The quantitative estimate of drug-likeness (QED) is 0.705. The predicted molar refractivity (Wildman–Crippen MR) is 89.4 cm³/mol. The molecule has 0 aliphatic carbocycles. The second kappa shape index (κ2) is 6.08. The van der Waals surface area contributed by atoms with E-state index in [1.807, 2.05) is 42.5 Å². The van der Waals surface area contributed by atoms with Gasteiger partial charge in [0.25, 0.3) is 0 Å². The van der Waals surface area contributed by atoms with Crippen LogP contribution in [0.2, 0.25) is 5.02 Å². The second-order valence-electron chi connectivity index (χ2n) is 5.07. The number of aromatic hydroxyl groups is 1. The number of halogens is 1. The maximum Gasteiger partial charge on any atom is 0.228 e.